The van der Waals surface area contributed by atoms with Crippen LogP contribution in [0.15, 0.2) is 84.9 Å². The van der Waals surface area contributed by atoms with Crippen LogP contribution < -0.4 is 10.2 Å². The van der Waals surface area contributed by atoms with E-state index in [-0.39, 0.29) is 6.04 Å². The second-order valence-electron chi connectivity index (χ2n) is 6.97. The van der Waals surface area contributed by atoms with Gasteiger partial charge in [0.2, 0.25) is 0 Å². The van der Waals surface area contributed by atoms with Crippen molar-refractivity contribution in [2.24, 2.45) is 0 Å². The Kier molecular flexibility index (Phi) is 5.52. The van der Waals surface area contributed by atoms with E-state index in [2.05, 4.69) is 65.0 Å². The summed E-state index contributed by atoms with van der Waals surface area (Å²) in [4.78, 5) is 0. The minimum atomic E-state index is 0.283. The first-order valence-corrected chi connectivity index (χ1v) is 9.67. The molecule has 138 valence electrons. The summed E-state index contributed by atoms with van der Waals surface area (Å²) in [5.41, 5.74) is 6.03. The Morgan fingerprint density at radius 1 is 0.852 bits per heavy atom. The summed E-state index contributed by atoms with van der Waals surface area (Å²) in [6, 6.07) is 29.6. The number of ether oxygens (including phenoxy) is 1. The molecule has 0 bridgehead atoms. The summed E-state index contributed by atoms with van der Waals surface area (Å²) < 4.78 is 6.28. The second-order valence-corrected chi connectivity index (χ2v) is 6.97. The van der Waals surface area contributed by atoms with E-state index in [9.17, 15) is 0 Å². The van der Waals surface area contributed by atoms with Gasteiger partial charge in [-0.25, -0.2) is 5.01 Å². The van der Waals surface area contributed by atoms with Crippen molar-refractivity contribution in [3.8, 4) is 11.5 Å². The van der Waals surface area contributed by atoms with Gasteiger partial charge in [0.05, 0.1) is 6.04 Å². The van der Waals surface area contributed by atoms with Crippen molar-refractivity contribution in [3.63, 3.8) is 0 Å². The van der Waals surface area contributed by atoms with E-state index in [1.165, 1.54) is 11.1 Å². The van der Waals surface area contributed by atoms with Gasteiger partial charge in [0, 0.05) is 12.5 Å². The molecule has 3 aromatic carbocycles. The molecular formula is C24H26N2O. The zero-order valence-electron chi connectivity index (χ0n) is 15.7. The number of piperidine rings is 1. The normalized spacial score (nSPS) is 20.3. The first kappa shape index (κ1) is 17.8. The van der Waals surface area contributed by atoms with Gasteiger partial charge in [-0.05, 0) is 49.2 Å². The molecule has 0 saturated carbocycles. The van der Waals surface area contributed by atoms with Crippen molar-refractivity contribution >= 4 is 0 Å². The van der Waals surface area contributed by atoms with Crippen LogP contribution in [0.1, 0.15) is 35.9 Å². The number of nitrogens with zero attached hydrogens (tertiary/aromatic N) is 1. The Labute approximate surface area is 161 Å². The number of benzene rings is 3. The van der Waals surface area contributed by atoms with Crippen LogP contribution in [-0.4, -0.2) is 18.6 Å². The summed E-state index contributed by atoms with van der Waals surface area (Å²) in [6.07, 6.45) is 2.31. The molecule has 0 spiro atoms. The van der Waals surface area contributed by atoms with Crippen molar-refractivity contribution < 1.29 is 4.74 Å². The maximum atomic E-state index is 6.28. The Morgan fingerprint density at radius 3 is 2.26 bits per heavy atom. The van der Waals surface area contributed by atoms with Gasteiger partial charge in [-0.15, -0.1) is 0 Å². The minimum absolute atomic E-state index is 0.283. The van der Waals surface area contributed by atoms with Crippen molar-refractivity contribution in [2.45, 2.75) is 24.8 Å². The number of rotatable bonds is 5. The molecule has 3 heteroatoms. The molecule has 1 fully saturated rings. The maximum absolute atomic E-state index is 6.28. The third-order valence-corrected chi connectivity index (χ3v) is 5.35. The molecule has 1 saturated heterocycles. The van der Waals surface area contributed by atoms with Crippen LogP contribution in [-0.2, 0) is 0 Å². The molecular weight excluding hydrogens is 332 g/mol. The number of hydrogen-bond acceptors (Lipinski definition) is 3. The predicted molar refractivity (Wildman–Crippen MR) is 110 cm³/mol. The second kappa shape index (κ2) is 8.38. The van der Waals surface area contributed by atoms with E-state index in [0.29, 0.717) is 5.92 Å². The molecule has 0 radical (unpaired) electrons. The van der Waals surface area contributed by atoms with E-state index in [4.69, 9.17) is 4.74 Å². The highest BCUT2D eigenvalue weighted by molar-refractivity contribution is 5.42. The van der Waals surface area contributed by atoms with Gasteiger partial charge in [-0.1, -0.05) is 66.7 Å². The van der Waals surface area contributed by atoms with Crippen LogP contribution in [0.4, 0.5) is 0 Å². The van der Waals surface area contributed by atoms with Crippen molar-refractivity contribution in [1.82, 2.24) is 10.4 Å². The molecule has 1 aliphatic rings. The van der Waals surface area contributed by atoms with E-state index in [1.54, 1.807) is 0 Å². The molecule has 1 heterocycles. The summed E-state index contributed by atoms with van der Waals surface area (Å²) in [6.45, 7) is 1.05. The summed E-state index contributed by atoms with van der Waals surface area (Å²) in [5.74, 6) is 2.20. The molecule has 0 amide bonds. The van der Waals surface area contributed by atoms with Crippen LogP contribution in [0, 0.1) is 0 Å². The first-order chi connectivity index (χ1) is 13.4. The zero-order valence-corrected chi connectivity index (χ0v) is 15.7. The predicted octanol–water partition coefficient (Wildman–Crippen LogP) is 5.53. The fourth-order valence-corrected chi connectivity index (χ4v) is 4.13. The number of para-hydroxylation sites is 2. The third-order valence-electron chi connectivity index (χ3n) is 5.35. The molecule has 0 aromatic heterocycles. The number of nitrogens with one attached hydrogen (secondary N) is 1. The van der Waals surface area contributed by atoms with E-state index in [1.807, 2.05) is 37.4 Å². The van der Waals surface area contributed by atoms with Gasteiger partial charge in [0.15, 0.2) is 0 Å². The van der Waals surface area contributed by atoms with Crippen LogP contribution in [0.25, 0.3) is 0 Å². The highest BCUT2D eigenvalue weighted by Crippen LogP contribution is 2.45. The van der Waals surface area contributed by atoms with Crippen LogP contribution in [0.3, 0.4) is 0 Å². The largest absolute Gasteiger partial charge is 0.457 e. The van der Waals surface area contributed by atoms with Gasteiger partial charge >= 0.3 is 0 Å². The molecule has 0 aliphatic carbocycles. The Morgan fingerprint density at radius 2 is 1.52 bits per heavy atom. The quantitative estimate of drug-likeness (QED) is 0.648. The zero-order chi connectivity index (χ0) is 18.5. The fourth-order valence-electron chi connectivity index (χ4n) is 4.13. The fraction of sp³-hybridized carbons (Fsp3) is 0.250. The Balaban J connectivity index is 1.72. The smallest absolute Gasteiger partial charge is 0.130 e. The van der Waals surface area contributed by atoms with Crippen molar-refractivity contribution in [2.75, 3.05) is 13.6 Å². The first-order valence-electron chi connectivity index (χ1n) is 9.67. The summed E-state index contributed by atoms with van der Waals surface area (Å²) in [5, 5.41) is 2.36. The molecule has 0 unspecified atom stereocenters. The molecule has 1 aliphatic heterocycles. The Bertz CT molecular complexity index is 851. The van der Waals surface area contributed by atoms with E-state index < -0.39 is 0 Å². The molecule has 4 rings (SSSR count). The summed E-state index contributed by atoms with van der Waals surface area (Å²) in [7, 11) is 2.02. The third kappa shape index (κ3) is 3.90. The van der Waals surface area contributed by atoms with Gasteiger partial charge < -0.3 is 4.74 Å². The molecule has 3 nitrogen and oxygen atoms in total. The standard InChI is InChI=1S/C24H26N2O/c1-25-26-18-10-16-22(24(26)19-11-4-2-5-12-19)21-15-8-9-17-23(21)27-20-13-6-3-7-14-20/h2-9,11-15,17,22,24-25H,10,16,18H2,1H3/t22-,24+/m1/s1. The SMILES string of the molecule is CNN1CCC[C@H](c2ccccc2Oc2ccccc2)[C@@H]1c1ccccc1. The van der Waals surface area contributed by atoms with Crippen molar-refractivity contribution in [1.29, 1.82) is 0 Å². The Hall–Kier alpha value is -2.62. The van der Waals surface area contributed by atoms with Crippen molar-refractivity contribution in [3.05, 3.63) is 96.1 Å². The van der Waals surface area contributed by atoms with Gasteiger partial charge in [0.25, 0.3) is 0 Å². The van der Waals surface area contributed by atoms with E-state index >= 15 is 0 Å². The number of hydrazine groups is 1. The van der Waals surface area contributed by atoms with Gasteiger partial charge in [-0.3, -0.25) is 5.43 Å². The van der Waals surface area contributed by atoms with E-state index in [0.717, 1.165) is 30.9 Å². The molecule has 27 heavy (non-hydrogen) atoms. The average molecular weight is 358 g/mol. The topological polar surface area (TPSA) is 24.5 Å². The molecule has 2 atom stereocenters. The monoisotopic (exact) mass is 358 g/mol. The lowest BCUT2D eigenvalue weighted by Crippen LogP contribution is -2.44. The van der Waals surface area contributed by atoms with Gasteiger partial charge in [0.1, 0.15) is 11.5 Å². The molecule has 3 aromatic rings. The summed E-state index contributed by atoms with van der Waals surface area (Å²) >= 11 is 0. The van der Waals surface area contributed by atoms with Gasteiger partial charge in [-0.2, -0.15) is 0 Å². The molecule has 1 N–H and O–H groups in total. The van der Waals surface area contributed by atoms with Crippen LogP contribution in [0.2, 0.25) is 0 Å². The van der Waals surface area contributed by atoms with Crippen LogP contribution in [0.5, 0.6) is 11.5 Å². The lowest BCUT2D eigenvalue weighted by atomic mass is 9.80. The lowest BCUT2D eigenvalue weighted by Gasteiger charge is -2.41. The lowest BCUT2D eigenvalue weighted by molar-refractivity contribution is 0.0793. The maximum Gasteiger partial charge on any atom is 0.130 e. The average Bonchev–Trinajstić information content (AvgIpc) is 2.75. The minimum Gasteiger partial charge on any atom is -0.457 e. The highest BCUT2D eigenvalue weighted by atomic mass is 16.5. The number of hydrogen-bond donors (Lipinski definition) is 1. The highest BCUT2D eigenvalue weighted by Gasteiger charge is 2.34. The van der Waals surface area contributed by atoms with Crippen LogP contribution >= 0.6 is 0 Å².